The highest BCUT2D eigenvalue weighted by molar-refractivity contribution is 7.89. The highest BCUT2D eigenvalue weighted by Crippen LogP contribution is 2.15. The number of nitrogens with one attached hydrogen (secondary N) is 2. The highest BCUT2D eigenvalue weighted by atomic mass is 32.2. The molecule has 0 aromatic heterocycles. The van der Waals surface area contributed by atoms with Gasteiger partial charge in [0.05, 0.1) is 4.90 Å². The smallest absolute Gasteiger partial charge is 0.249 e. The maximum Gasteiger partial charge on any atom is 0.249 e. The predicted molar refractivity (Wildman–Crippen MR) is 80.5 cm³/mol. The first-order valence-electron chi connectivity index (χ1n) is 7.03. The minimum atomic E-state index is -3.61. The molecule has 1 fully saturated rings. The van der Waals surface area contributed by atoms with Crippen LogP contribution in [0.3, 0.4) is 0 Å². The Hall–Kier alpha value is -1.44. The predicted octanol–water partition coefficient (Wildman–Crippen LogP) is 0.514. The molecule has 1 heterocycles. The molecule has 0 spiro atoms. The lowest BCUT2D eigenvalue weighted by Crippen LogP contribution is -2.30. The number of aryl methyl sites for hydroxylation is 1. The molecule has 1 atom stereocenters. The summed E-state index contributed by atoms with van der Waals surface area (Å²) in [7, 11) is -3.61. The summed E-state index contributed by atoms with van der Waals surface area (Å²) >= 11 is 0. The van der Waals surface area contributed by atoms with Crippen molar-refractivity contribution >= 4 is 15.9 Å². The van der Waals surface area contributed by atoms with Gasteiger partial charge in [0.1, 0.15) is 0 Å². The molecular weight excluding hydrogens is 290 g/mol. The van der Waals surface area contributed by atoms with Crippen LogP contribution in [0.2, 0.25) is 0 Å². The summed E-state index contributed by atoms with van der Waals surface area (Å²) in [5, 5.41) is 3.32. The Bertz CT molecular complexity index is 622. The number of primary amides is 1. The van der Waals surface area contributed by atoms with Crippen LogP contribution in [0.5, 0.6) is 0 Å². The van der Waals surface area contributed by atoms with Gasteiger partial charge in [-0.3, -0.25) is 4.79 Å². The van der Waals surface area contributed by atoms with Crippen molar-refractivity contribution in [3.05, 3.63) is 29.3 Å². The molecule has 1 aliphatic heterocycles. The van der Waals surface area contributed by atoms with Gasteiger partial charge >= 0.3 is 0 Å². The Balaban J connectivity index is 2.04. The number of amides is 1. The summed E-state index contributed by atoms with van der Waals surface area (Å²) in [4.78, 5) is 11.4. The summed E-state index contributed by atoms with van der Waals surface area (Å²) in [5.41, 5.74) is 6.14. The lowest BCUT2D eigenvalue weighted by atomic mass is 10.1. The van der Waals surface area contributed by atoms with Crippen LogP contribution in [0.15, 0.2) is 23.1 Å². The van der Waals surface area contributed by atoms with Gasteiger partial charge in [0.25, 0.3) is 0 Å². The fourth-order valence-corrected chi connectivity index (χ4v) is 3.56. The molecule has 0 saturated carbocycles. The van der Waals surface area contributed by atoms with E-state index in [9.17, 15) is 13.2 Å². The molecular formula is C14H21N3O3S. The van der Waals surface area contributed by atoms with Crippen LogP contribution in [0.4, 0.5) is 0 Å². The Kier molecular flexibility index (Phi) is 4.97. The first kappa shape index (κ1) is 15.9. The zero-order chi connectivity index (χ0) is 15.5. The molecule has 1 aromatic carbocycles. The number of sulfonamides is 1. The molecule has 1 saturated heterocycles. The Morgan fingerprint density at radius 2 is 2.24 bits per heavy atom. The van der Waals surface area contributed by atoms with Gasteiger partial charge in [-0.2, -0.15) is 0 Å². The van der Waals surface area contributed by atoms with E-state index in [0.29, 0.717) is 18.2 Å². The van der Waals surface area contributed by atoms with Crippen molar-refractivity contribution < 1.29 is 13.2 Å². The molecule has 0 aliphatic carbocycles. The Morgan fingerprint density at radius 1 is 1.48 bits per heavy atom. The molecule has 21 heavy (non-hydrogen) atoms. The van der Waals surface area contributed by atoms with Crippen molar-refractivity contribution in [1.82, 2.24) is 10.0 Å². The Labute approximate surface area is 125 Å². The third-order valence-electron chi connectivity index (χ3n) is 3.73. The highest BCUT2D eigenvalue weighted by Gasteiger charge is 2.18. The van der Waals surface area contributed by atoms with E-state index in [0.717, 1.165) is 25.8 Å². The van der Waals surface area contributed by atoms with Crippen LogP contribution in [0, 0.1) is 6.92 Å². The van der Waals surface area contributed by atoms with Gasteiger partial charge < -0.3 is 11.1 Å². The second-order valence-electron chi connectivity index (χ2n) is 5.32. The molecule has 4 N–H and O–H groups in total. The molecule has 1 aromatic rings. The van der Waals surface area contributed by atoms with Crippen molar-refractivity contribution in [2.45, 2.75) is 37.1 Å². The number of nitrogens with two attached hydrogens (primary N) is 1. The zero-order valence-electron chi connectivity index (χ0n) is 12.1. The third kappa shape index (κ3) is 4.03. The minimum absolute atomic E-state index is 0.0706. The number of hydrogen-bond donors (Lipinski definition) is 3. The van der Waals surface area contributed by atoms with Crippen LogP contribution in [0.1, 0.15) is 35.2 Å². The van der Waals surface area contributed by atoms with Gasteiger partial charge in [-0.15, -0.1) is 0 Å². The van der Waals surface area contributed by atoms with Crippen LogP contribution in [-0.2, 0) is 10.0 Å². The molecule has 2 rings (SSSR count). The second-order valence-corrected chi connectivity index (χ2v) is 7.09. The molecule has 1 aliphatic rings. The van der Waals surface area contributed by atoms with E-state index in [4.69, 9.17) is 5.73 Å². The molecule has 0 radical (unpaired) electrons. The maximum absolute atomic E-state index is 12.2. The van der Waals surface area contributed by atoms with Gasteiger partial charge in [-0.25, -0.2) is 13.1 Å². The SMILES string of the molecule is Cc1ccc(S(=O)(=O)NCC[C@H]2CCCN2)cc1C(N)=O. The van der Waals surface area contributed by atoms with Crippen molar-refractivity contribution in [2.24, 2.45) is 5.73 Å². The Morgan fingerprint density at radius 3 is 2.86 bits per heavy atom. The van der Waals surface area contributed by atoms with E-state index in [1.165, 1.54) is 12.1 Å². The van der Waals surface area contributed by atoms with Gasteiger partial charge in [-0.1, -0.05) is 6.07 Å². The molecule has 7 heteroatoms. The summed E-state index contributed by atoms with van der Waals surface area (Å²) in [6.45, 7) is 3.09. The quantitative estimate of drug-likeness (QED) is 0.712. The standard InChI is InChI=1S/C14H21N3O3S/c1-10-4-5-12(9-13(10)14(15)18)21(19,20)17-8-6-11-3-2-7-16-11/h4-5,9,11,16-17H,2-3,6-8H2,1H3,(H2,15,18)/t11-/m1/s1. The fourth-order valence-electron chi connectivity index (χ4n) is 2.49. The van der Waals surface area contributed by atoms with Gasteiger partial charge in [0.15, 0.2) is 0 Å². The minimum Gasteiger partial charge on any atom is -0.366 e. The molecule has 0 bridgehead atoms. The lowest BCUT2D eigenvalue weighted by molar-refractivity contribution is 0.0999. The summed E-state index contributed by atoms with van der Waals surface area (Å²) in [6, 6.07) is 4.78. The van der Waals surface area contributed by atoms with Crippen LogP contribution in [0.25, 0.3) is 0 Å². The topological polar surface area (TPSA) is 101 Å². The monoisotopic (exact) mass is 311 g/mol. The van der Waals surface area contributed by atoms with E-state index in [2.05, 4.69) is 10.0 Å². The number of carbonyl (C=O) groups is 1. The average Bonchev–Trinajstić information content (AvgIpc) is 2.91. The third-order valence-corrected chi connectivity index (χ3v) is 5.19. The summed E-state index contributed by atoms with van der Waals surface area (Å²) < 4.78 is 27.0. The van der Waals surface area contributed by atoms with Gasteiger partial charge in [0.2, 0.25) is 15.9 Å². The number of benzene rings is 1. The number of hydrogen-bond acceptors (Lipinski definition) is 4. The lowest BCUT2D eigenvalue weighted by Gasteiger charge is -2.12. The number of carbonyl (C=O) groups excluding carboxylic acids is 1. The van der Waals surface area contributed by atoms with Gasteiger partial charge in [0, 0.05) is 18.2 Å². The molecule has 0 unspecified atom stereocenters. The van der Waals surface area contributed by atoms with E-state index in [1.807, 2.05) is 0 Å². The van der Waals surface area contributed by atoms with Crippen LogP contribution in [-0.4, -0.2) is 33.5 Å². The molecule has 1 amide bonds. The second kappa shape index (κ2) is 6.55. The van der Waals surface area contributed by atoms with Crippen molar-refractivity contribution in [3.63, 3.8) is 0 Å². The van der Waals surface area contributed by atoms with Gasteiger partial charge in [-0.05, 0) is 50.4 Å². The first-order valence-corrected chi connectivity index (χ1v) is 8.52. The van der Waals surface area contributed by atoms with E-state index < -0.39 is 15.9 Å². The molecule has 116 valence electrons. The number of rotatable bonds is 6. The fraction of sp³-hybridized carbons (Fsp3) is 0.500. The summed E-state index contributed by atoms with van der Waals surface area (Å²) in [6.07, 6.45) is 2.98. The summed E-state index contributed by atoms with van der Waals surface area (Å²) in [5.74, 6) is -0.625. The van der Waals surface area contributed by atoms with E-state index in [1.54, 1.807) is 13.0 Å². The average molecular weight is 311 g/mol. The largest absolute Gasteiger partial charge is 0.366 e. The zero-order valence-corrected chi connectivity index (χ0v) is 12.9. The van der Waals surface area contributed by atoms with Crippen molar-refractivity contribution in [1.29, 1.82) is 0 Å². The van der Waals surface area contributed by atoms with Crippen LogP contribution >= 0.6 is 0 Å². The van der Waals surface area contributed by atoms with E-state index in [-0.39, 0.29) is 10.5 Å². The van der Waals surface area contributed by atoms with Crippen molar-refractivity contribution in [3.8, 4) is 0 Å². The van der Waals surface area contributed by atoms with Crippen molar-refractivity contribution in [2.75, 3.05) is 13.1 Å². The van der Waals surface area contributed by atoms with Crippen LogP contribution < -0.4 is 15.8 Å². The maximum atomic E-state index is 12.2. The van der Waals surface area contributed by atoms with E-state index >= 15 is 0 Å². The normalized spacial score (nSPS) is 18.8. The molecule has 6 nitrogen and oxygen atoms in total. The first-order chi connectivity index (χ1) is 9.90.